The lowest BCUT2D eigenvalue weighted by molar-refractivity contribution is -0.142. The highest BCUT2D eigenvalue weighted by molar-refractivity contribution is 5.86. The van der Waals surface area contributed by atoms with E-state index < -0.39 is 36.0 Å². The van der Waals surface area contributed by atoms with Crippen LogP contribution in [0.5, 0.6) is 0 Å². The number of fused-ring (bicyclic) bond motifs is 3. The molecule has 1 aliphatic carbocycles. The zero-order valence-corrected chi connectivity index (χ0v) is 19.5. The third-order valence-corrected chi connectivity index (χ3v) is 6.17. The van der Waals surface area contributed by atoms with Crippen molar-refractivity contribution in [1.82, 2.24) is 10.6 Å². The lowest BCUT2D eigenvalue weighted by Gasteiger charge is -2.24. The first-order chi connectivity index (χ1) is 15.7. The van der Waals surface area contributed by atoms with Crippen LogP contribution in [0.15, 0.2) is 48.5 Å². The van der Waals surface area contributed by atoms with Crippen molar-refractivity contribution in [2.24, 2.45) is 11.8 Å². The largest absolute Gasteiger partial charge is 0.481 e. The number of ether oxygens (including phenoxy) is 1. The maximum atomic E-state index is 12.8. The second-order valence-electron chi connectivity index (χ2n) is 9.08. The molecule has 3 rings (SSSR count). The topological polar surface area (TPSA) is 105 Å². The number of carbonyl (C=O) groups is 3. The summed E-state index contributed by atoms with van der Waals surface area (Å²) in [5, 5.41) is 14.5. The molecule has 2 aromatic rings. The van der Waals surface area contributed by atoms with Crippen LogP contribution in [0.3, 0.4) is 0 Å². The molecule has 0 spiro atoms. The van der Waals surface area contributed by atoms with Gasteiger partial charge in [0.1, 0.15) is 12.6 Å². The van der Waals surface area contributed by atoms with Crippen molar-refractivity contribution in [1.29, 1.82) is 0 Å². The molecule has 7 nitrogen and oxygen atoms in total. The van der Waals surface area contributed by atoms with Crippen LogP contribution >= 0.6 is 0 Å². The van der Waals surface area contributed by atoms with Gasteiger partial charge in [-0.05, 0) is 48.4 Å². The van der Waals surface area contributed by atoms with E-state index in [0.717, 1.165) is 22.3 Å². The van der Waals surface area contributed by atoms with E-state index in [-0.39, 0.29) is 18.4 Å². The smallest absolute Gasteiger partial charge is 0.407 e. The summed E-state index contributed by atoms with van der Waals surface area (Å²) in [6, 6.07) is 14.8. The molecule has 3 atom stereocenters. The average Bonchev–Trinajstić information content (AvgIpc) is 3.10. The molecule has 176 valence electrons. The van der Waals surface area contributed by atoms with Crippen LogP contribution in [0.25, 0.3) is 11.1 Å². The Morgan fingerprint density at radius 2 is 1.45 bits per heavy atom. The zero-order chi connectivity index (χ0) is 24.1. The Kier molecular flexibility index (Phi) is 7.74. The fourth-order valence-corrected chi connectivity index (χ4v) is 4.15. The standard InChI is InChI=1S/C26H32N2O5/c1-15(2)13-23(24(29)27-17(4)16(3)25(30)31)28-26(32)33-14-22-20-11-7-5-9-18(20)19-10-6-8-12-21(19)22/h5-12,15-17,22-23H,13-14H2,1-4H3,(H,27,29)(H,28,32)(H,30,31). The number of rotatable bonds is 9. The van der Waals surface area contributed by atoms with Crippen LogP contribution in [-0.4, -0.2) is 41.8 Å². The molecule has 0 radical (unpaired) electrons. The number of carbonyl (C=O) groups excluding carboxylic acids is 2. The molecule has 0 bridgehead atoms. The highest BCUT2D eigenvalue weighted by atomic mass is 16.5. The SMILES string of the molecule is CC(C)CC(NC(=O)OCC1c2ccccc2-c2ccccc21)C(=O)NC(C)C(C)C(=O)O. The highest BCUT2D eigenvalue weighted by Crippen LogP contribution is 2.44. The van der Waals surface area contributed by atoms with Gasteiger partial charge in [0.2, 0.25) is 5.91 Å². The summed E-state index contributed by atoms with van der Waals surface area (Å²) >= 11 is 0. The quantitative estimate of drug-likeness (QED) is 0.530. The fourth-order valence-electron chi connectivity index (χ4n) is 4.15. The summed E-state index contributed by atoms with van der Waals surface area (Å²) in [4.78, 5) is 36.6. The number of amides is 2. The third kappa shape index (κ3) is 5.72. The van der Waals surface area contributed by atoms with Gasteiger partial charge in [0.05, 0.1) is 5.92 Å². The van der Waals surface area contributed by atoms with E-state index in [4.69, 9.17) is 9.84 Å². The van der Waals surface area contributed by atoms with Crippen LogP contribution in [-0.2, 0) is 14.3 Å². The minimum atomic E-state index is -0.993. The lowest BCUT2D eigenvalue weighted by atomic mass is 9.98. The first-order valence-electron chi connectivity index (χ1n) is 11.3. The predicted octanol–water partition coefficient (Wildman–Crippen LogP) is 4.17. The molecule has 0 aliphatic heterocycles. The van der Waals surface area contributed by atoms with E-state index in [2.05, 4.69) is 22.8 Å². The van der Waals surface area contributed by atoms with Gasteiger partial charge in [-0.3, -0.25) is 9.59 Å². The van der Waals surface area contributed by atoms with Gasteiger partial charge in [0.15, 0.2) is 0 Å². The van der Waals surface area contributed by atoms with Gasteiger partial charge >= 0.3 is 12.1 Å². The van der Waals surface area contributed by atoms with E-state index in [1.54, 1.807) is 6.92 Å². The molecule has 1 aliphatic rings. The lowest BCUT2D eigenvalue weighted by Crippen LogP contribution is -2.51. The van der Waals surface area contributed by atoms with Crippen LogP contribution in [0.1, 0.15) is 51.2 Å². The number of hydrogen-bond acceptors (Lipinski definition) is 4. The molecule has 33 heavy (non-hydrogen) atoms. The van der Waals surface area contributed by atoms with Crippen molar-refractivity contribution >= 4 is 18.0 Å². The number of hydrogen-bond donors (Lipinski definition) is 3. The van der Waals surface area contributed by atoms with Crippen LogP contribution in [0.4, 0.5) is 4.79 Å². The second kappa shape index (κ2) is 10.5. The minimum Gasteiger partial charge on any atom is -0.481 e. The summed E-state index contributed by atoms with van der Waals surface area (Å²) in [7, 11) is 0. The summed E-state index contributed by atoms with van der Waals surface area (Å²) in [5.41, 5.74) is 4.50. The normalized spacial score (nSPS) is 15.2. The number of aliphatic carboxylic acids is 1. The number of carboxylic acid groups (broad SMARTS) is 1. The molecule has 0 aromatic heterocycles. The Balaban J connectivity index is 1.65. The maximum Gasteiger partial charge on any atom is 0.407 e. The van der Waals surface area contributed by atoms with Crippen molar-refractivity contribution in [3.63, 3.8) is 0 Å². The Morgan fingerprint density at radius 3 is 1.97 bits per heavy atom. The summed E-state index contributed by atoms with van der Waals surface area (Å²) in [5.74, 6) is -2.09. The number of carboxylic acids is 1. The van der Waals surface area contributed by atoms with Gasteiger partial charge in [-0.1, -0.05) is 62.4 Å². The predicted molar refractivity (Wildman–Crippen MR) is 126 cm³/mol. The summed E-state index contributed by atoms with van der Waals surface area (Å²) < 4.78 is 5.57. The second-order valence-corrected chi connectivity index (χ2v) is 9.08. The van der Waals surface area contributed by atoms with Gasteiger partial charge < -0.3 is 20.5 Å². The summed E-state index contributed by atoms with van der Waals surface area (Å²) in [6.07, 6.45) is -0.263. The first-order valence-corrected chi connectivity index (χ1v) is 11.3. The molecule has 2 amide bonds. The van der Waals surface area contributed by atoms with E-state index >= 15 is 0 Å². The van der Waals surface area contributed by atoms with Crippen molar-refractivity contribution in [3.8, 4) is 11.1 Å². The molecule has 3 unspecified atom stereocenters. The van der Waals surface area contributed by atoms with Crippen molar-refractivity contribution in [3.05, 3.63) is 59.7 Å². The van der Waals surface area contributed by atoms with Crippen molar-refractivity contribution in [2.75, 3.05) is 6.61 Å². The Bertz CT molecular complexity index is 974. The molecule has 0 heterocycles. The molecule has 3 N–H and O–H groups in total. The minimum absolute atomic E-state index is 0.0723. The van der Waals surface area contributed by atoms with E-state index in [1.165, 1.54) is 6.92 Å². The molecule has 0 fully saturated rings. The molecule has 0 saturated carbocycles. The maximum absolute atomic E-state index is 12.8. The number of benzene rings is 2. The van der Waals surface area contributed by atoms with Crippen LogP contribution in [0.2, 0.25) is 0 Å². The van der Waals surface area contributed by atoms with Gasteiger partial charge in [0, 0.05) is 12.0 Å². The Hall–Kier alpha value is -3.35. The van der Waals surface area contributed by atoms with Crippen molar-refractivity contribution < 1.29 is 24.2 Å². The van der Waals surface area contributed by atoms with Crippen LogP contribution in [0, 0.1) is 11.8 Å². The third-order valence-electron chi connectivity index (χ3n) is 6.17. The molecule has 7 heteroatoms. The average molecular weight is 453 g/mol. The molecular weight excluding hydrogens is 420 g/mol. The monoisotopic (exact) mass is 452 g/mol. The molecule has 2 aromatic carbocycles. The van der Waals surface area contributed by atoms with E-state index in [1.807, 2.05) is 50.2 Å². The number of alkyl carbamates (subject to hydrolysis) is 1. The van der Waals surface area contributed by atoms with Crippen LogP contribution < -0.4 is 10.6 Å². The van der Waals surface area contributed by atoms with E-state index in [9.17, 15) is 14.4 Å². The zero-order valence-electron chi connectivity index (χ0n) is 19.5. The fraction of sp³-hybridized carbons (Fsp3) is 0.423. The first kappa shape index (κ1) is 24.3. The number of nitrogens with one attached hydrogen (secondary N) is 2. The highest BCUT2D eigenvalue weighted by Gasteiger charge is 2.30. The van der Waals surface area contributed by atoms with Gasteiger partial charge in [-0.25, -0.2) is 4.79 Å². The Morgan fingerprint density at radius 1 is 0.909 bits per heavy atom. The molecular formula is C26H32N2O5. The van der Waals surface area contributed by atoms with Crippen molar-refractivity contribution in [2.45, 2.75) is 52.1 Å². The summed E-state index contributed by atoms with van der Waals surface area (Å²) in [6.45, 7) is 7.22. The van der Waals surface area contributed by atoms with Gasteiger partial charge in [0.25, 0.3) is 0 Å². The van der Waals surface area contributed by atoms with Gasteiger partial charge in [-0.15, -0.1) is 0 Å². The van der Waals surface area contributed by atoms with Gasteiger partial charge in [-0.2, -0.15) is 0 Å². The van der Waals surface area contributed by atoms with E-state index in [0.29, 0.717) is 6.42 Å². The molecule has 0 saturated heterocycles. The Labute approximate surface area is 194 Å².